The Morgan fingerprint density at radius 1 is 1.09 bits per heavy atom. The van der Waals surface area contributed by atoms with Gasteiger partial charge in [0.05, 0.1) is 12.6 Å². The van der Waals surface area contributed by atoms with E-state index in [1.165, 1.54) is 43.4 Å². The monoisotopic (exact) mass is 316 g/mol. The van der Waals surface area contributed by atoms with Crippen LogP contribution in [0.25, 0.3) is 0 Å². The molecular weight excluding hydrogens is 290 g/mol. The van der Waals surface area contributed by atoms with Crippen LogP contribution in [0.1, 0.15) is 48.9 Å². The van der Waals surface area contributed by atoms with E-state index >= 15 is 0 Å². The summed E-state index contributed by atoms with van der Waals surface area (Å²) in [7, 11) is 0. The second-order valence-electron chi connectivity index (χ2n) is 6.87. The molecule has 1 saturated carbocycles. The average Bonchev–Trinajstić information content (AvgIpc) is 2.55. The lowest BCUT2D eigenvalue weighted by atomic mass is 9.78. The Hall–Kier alpha value is -1.88. The van der Waals surface area contributed by atoms with Crippen LogP contribution in [0.2, 0.25) is 0 Å². The molecule has 5 heteroatoms. The first-order valence-electron chi connectivity index (χ1n) is 8.68. The molecular formula is C18H26N3O2+. The van der Waals surface area contributed by atoms with E-state index in [9.17, 15) is 9.59 Å². The first-order chi connectivity index (χ1) is 11.1. The number of nitrogens with two attached hydrogens (primary N) is 1. The van der Waals surface area contributed by atoms with Crippen molar-refractivity contribution in [3.8, 4) is 0 Å². The van der Waals surface area contributed by atoms with E-state index in [-0.39, 0.29) is 5.91 Å². The van der Waals surface area contributed by atoms with Gasteiger partial charge in [0.1, 0.15) is 0 Å². The molecule has 2 amide bonds. The number of benzene rings is 1. The maximum Gasteiger partial charge on any atom is 0.279 e. The number of rotatable bonds is 4. The summed E-state index contributed by atoms with van der Waals surface area (Å²) in [5.74, 6) is 0.414. The van der Waals surface area contributed by atoms with Gasteiger partial charge in [0, 0.05) is 17.2 Å². The lowest BCUT2D eigenvalue weighted by Crippen LogP contribution is -3.18. The maximum atomic E-state index is 12.4. The van der Waals surface area contributed by atoms with Crippen molar-refractivity contribution in [1.29, 1.82) is 0 Å². The lowest BCUT2D eigenvalue weighted by molar-refractivity contribution is -0.928. The van der Waals surface area contributed by atoms with Gasteiger partial charge >= 0.3 is 0 Å². The zero-order valence-corrected chi connectivity index (χ0v) is 13.5. The highest BCUT2D eigenvalue weighted by Gasteiger charge is 2.37. The third-order valence-electron chi connectivity index (χ3n) is 5.35. The van der Waals surface area contributed by atoms with E-state index in [0.717, 1.165) is 18.2 Å². The van der Waals surface area contributed by atoms with E-state index in [2.05, 4.69) is 5.32 Å². The zero-order chi connectivity index (χ0) is 16.2. The van der Waals surface area contributed by atoms with Gasteiger partial charge in [0.25, 0.3) is 5.91 Å². The summed E-state index contributed by atoms with van der Waals surface area (Å²) in [4.78, 5) is 24.9. The van der Waals surface area contributed by atoms with Crippen molar-refractivity contribution in [3.05, 3.63) is 29.8 Å². The topological polar surface area (TPSA) is 76.6 Å². The third kappa shape index (κ3) is 3.91. The second-order valence-corrected chi connectivity index (χ2v) is 6.87. The summed E-state index contributed by atoms with van der Waals surface area (Å²) < 4.78 is 0. The maximum absolute atomic E-state index is 12.4. The highest BCUT2D eigenvalue weighted by atomic mass is 16.2. The molecule has 2 fully saturated rings. The molecule has 3 atom stereocenters. The number of hydrogen-bond acceptors (Lipinski definition) is 2. The number of fused-ring (bicyclic) bond motifs is 1. The molecule has 0 bridgehead atoms. The molecule has 4 N–H and O–H groups in total. The quantitative estimate of drug-likeness (QED) is 0.774. The van der Waals surface area contributed by atoms with Gasteiger partial charge in [-0.2, -0.15) is 0 Å². The summed E-state index contributed by atoms with van der Waals surface area (Å²) in [6.45, 7) is 1.65. The average molecular weight is 316 g/mol. The summed E-state index contributed by atoms with van der Waals surface area (Å²) in [6.07, 6.45) is 7.83. The fraction of sp³-hybridized carbons (Fsp3) is 0.556. The van der Waals surface area contributed by atoms with E-state index in [0.29, 0.717) is 18.2 Å². The van der Waals surface area contributed by atoms with Crippen molar-refractivity contribution in [2.24, 2.45) is 11.7 Å². The Morgan fingerprint density at radius 3 is 2.52 bits per heavy atom. The number of amides is 2. The molecule has 1 saturated heterocycles. The molecule has 1 aliphatic heterocycles. The number of piperidine rings is 1. The highest BCUT2D eigenvalue weighted by Crippen LogP contribution is 2.28. The number of likely N-dealkylation sites (tertiary alicyclic amines) is 1. The van der Waals surface area contributed by atoms with Gasteiger partial charge in [-0.05, 0) is 56.4 Å². The summed E-state index contributed by atoms with van der Waals surface area (Å²) in [5, 5.41) is 2.94. The Morgan fingerprint density at radius 2 is 1.78 bits per heavy atom. The van der Waals surface area contributed by atoms with E-state index in [1.807, 2.05) is 0 Å². The predicted molar refractivity (Wildman–Crippen MR) is 89.3 cm³/mol. The minimum Gasteiger partial charge on any atom is -0.366 e. The standard InChI is InChI=1S/C18H25N3O2/c19-18(23)14-7-9-15(10-8-14)20-17(22)12-21-11-3-5-13-4-1-2-6-16(13)21/h7-10,13,16H,1-6,11-12H2,(H2,19,23)(H,20,22)/p+1/t13-,16+/m1/s1. The van der Waals surface area contributed by atoms with Gasteiger partial charge in [0.2, 0.25) is 5.91 Å². The van der Waals surface area contributed by atoms with Crippen molar-refractivity contribution in [2.75, 3.05) is 18.4 Å². The van der Waals surface area contributed by atoms with E-state index < -0.39 is 5.91 Å². The third-order valence-corrected chi connectivity index (χ3v) is 5.35. The van der Waals surface area contributed by atoms with Gasteiger partial charge in [-0.1, -0.05) is 6.42 Å². The zero-order valence-electron chi connectivity index (χ0n) is 13.5. The number of hydrogen-bond donors (Lipinski definition) is 3. The fourth-order valence-corrected chi connectivity index (χ4v) is 4.22. The molecule has 0 aromatic heterocycles. The van der Waals surface area contributed by atoms with Gasteiger partial charge in [-0.15, -0.1) is 0 Å². The fourth-order valence-electron chi connectivity index (χ4n) is 4.22. The molecule has 3 rings (SSSR count). The van der Waals surface area contributed by atoms with Crippen LogP contribution in [0, 0.1) is 5.92 Å². The van der Waals surface area contributed by atoms with Crippen LogP contribution in [0.15, 0.2) is 24.3 Å². The molecule has 1 aliphatic carbocycles. The van der Waals surface area contributed by atoms with Crippen LogP contribution in [-0.4, -0.2) is 30.9 Å². The Balaban J connectivity index is 1.57. The predicted octanol–water partition coefficient (Wildman–Crippen LogP) is 0.961. The highest BCUT2D eigenvalue weighted by molar-refractivity contribution is 5.95. The van der Waals surface area contributed by atoms with E-state index in [1.54, 1.807) is 24.3 Å². The Bertz CT molecular complexity index is 568. The first-order valence-corrected chi connectivity index (χ1v) is 8.68. The van der Waals surface area contributed by atoms with Crippen LogP contribution >= 0.6 is 0 Å². The van der Waals surface area contributed by atoms with Crippen LogP contribution in [0.5, 0.6) is 0 Å². The van der Waals surface area contributed by atoms with Crippen molar-refractivity contribution in [3.63, 3.8) is 0 Å². The molecule has 1 heterocycles. The minimum atomic E-state index is -0.455. The smallest absolute Gasteiger partial charge is 0.279 e. The molecule has 2 aliphatic rings. The lowest BCUT2D eigenvalue weighted by Gasteiger charge is -2.40. The first kappa shape index (κ1) is 16.0. The number of primary amides is 1. The molecule has 1 aromatic rings. The number of quaternary nitrogens is 1. The second kappa shape index (κ2) is 7.13. The summed E-state index contributed by atoms with van der Waals surface area (Å²) >= 11 is 0. The number of carbonyl (C=O) groups is 2. The van der Waals surface area contributed by atoms with Crippen molar-refractivity contribution >= 4 is 17.5 Å². The molecule has 124 valence electrons. The number of nitrogens with one attached hydrogen (secondary N) is 2. The summed E-state index contributed by atoms with van der Waals surface area (Å²) in [5.41, 5.74) is 6.39. The van der Waals surface area contributed by atoms with Crippen molar-refractivity contribution in [2.45, 2.75) is 44.6 Å². The Kier molecular flexibility index (Phi) is 4.96. The van der Waals surface area contributed by atoms with Crippen molar-refractivity contribution in [1.82, 2.24) is 0 Å². The van der Waals surface area contributed by atoms with E-state index in [4.69, 9.17) is 5.73 Å². The SMILES string of the molecule is NC(=O)c1ccc(NC(=O)C[NH+]2CCC[C@H]3CCCC[C@@H]32)cc1. The number of carbonyl (C=O) groups excluding carboxylic acids is 2. The van der Waals surface area contributed by atoms with Gasteiger partial charge in [-0.3, -0.25) is 9.59 Å². The number of anilines is 1. The molecule has 5 nitrogen and oxygen atoms in total. The molecule has 1 unspecified atom stereocenters. The van der Waals surface area contributed by atoms with Gasteiger partial charge < -0.3 is 16.0 Å². The van der Waals surface area contributed by atoms with Gasteiger partial charge in [-0.25, -0.2) is 0 Å². The van der Waals surface area contributed by atoms with Crippen LogP contribution < -0.4 is 16.0 Å². The molecule has 0 spiro atoms. The minimum absolute atomic E-state index is 0.0537. The normalized spacial score (nSPS) is 27.0. The molecule has 0 radical (unpaired) electrons. The van der Waals surface area contributed by atoms with Crippen LogP contribution in [0.3, 0.4) is 0 Å². The van der Waals surface area contributed by atoms with Crippen LogP contribution in [0.4, 0.5) is 5.69 Å². The molecule has 23 heavy (non-hydrogen) atoms. The van der Waals surface area contributed by atoms with Crippen molar-refractivity contribution < 1.29 is 14.5 Å². The Labute approximate surface area is 137 Å². The molecule has 1 aromatic carbocycles. The van der Waals surface area contributed by atoms with Crippen LogP contribution in [-0.2, 0) is 4.79 Å². The largest absolute Gasteiger partial charge is 0.366 e. The van der Waals surface area contributed by atoms with Gasteiger partial charge in [0.15, 0.2) is 6.54 Å². The summed E-state index contributed by atoms with van der Waals surface area (Å²) in [6, 6.07) is 7.41.